The zero-order chi connectivity index (χ0) is 15.5. The number of benzene rings is 1. The fourth-order valence-corrected chi connectivity index (χ4v) is 2.18. The van der Waals surface area contributed by atoms with Crippen molar-refractivity contribution in [1.82, 2.24) is 14.9 Å². The molecule has 0 radical (unpaired) electrons. The van der Waals surface area contributed by atoms with Crippen LogP contribution in [0.1, 0.15) is 23.0 Å². The number of carbonyl (C=O) groups is 1. The third-order valence-electron chi connectivity index (χ3n) is 3.22. The predicted molar refractivity (Wildman–Crippen MR) is 79.8 cm³/mol. The Balaban J connectivity index is 1.99. The standard InChI is InChI=1S/C16H15N3O3/c1-3-21-16(20)14-11(2)22-18-15(14)12-9-17-19(10-12)13-7-5-4-6-8-13/h4-10H,3H2,1-2H3. The van der Waals surface area contributed by atoms with Crippen LogP contribution in [0.15, 0.2) is 47.2 Å². The van der Waals surface area contributed by atoms with E-state index in [2.05, 4.69) is 10.3 Å². The van der Waals surface area contributed by atoms with Gasteiger partial charge in [-0.25, -0.2) is 9.48 Å². The molecule has 0 bridgehead atoms. The Hall–Kier alpha value is -2.89. The lowest BCUT2D eigenvalue weighted by molar-refractivity contribution is 0.0525. The van der Waals surface area contributed by atoms with Crippen LogP contribution in [0.3, 0.4) is 0 Å². The van der Waals surface area contributed by atoms with Gasteiger partial charge in [0.2, 0.25) is 0 Å². The molecule has 0 saturated carbocycles. The molecule has 3 rings (SSSR count). The number of ether oxygens (including phenoxy) is 1. The van der Waals surface area contributed by atoms with E-state index < -0.39 is 5.97 Å². The summed E-state index contributed by atoms with van der Waals surface area (Å²) in [7, 11) is 0. The molecule has 0 fully saturated rings. The highest BCUT2D eigenvalue weighted by molar-refractivity contribution is 5.96. The summed E-state index contributed by atoms with van der Waals surface area (Å²) < 4.78 is 11.9. The smallest absolute Gasteiger partial charge is 0.344 e. The summed E-state index contributed by atoms with van der Waals surface area (Å²) in [5.41, 5.74) is 2.41. The second-order valence-electron chi connectivity index (χ2n) is 4.69. The molecule has 0 atom stereocenters. The van der Waals surface area contributed by atoms with E-state index in [0.29, 0.717) is 29.2 Å². The molecule has 2 aromatic heterocycles. The van der Waals surface area contributed by atoms with Crippen LogP contribution in [0.5, 0.6) is 0 Å². The van der Waals surface area contributed by atoms with Gasteiger partial charge in [-0.3, -0.25) is 0 Å². The number of hydrogen-bond acceptors (Lipinski definition) is 5. The van der Waals surface area contributed by atoms with Crippen LogP contribution >= 0.6 is 0 Å². The van der Waals surface area contributed by atoms with Crippen molar-refractivity contribution in [2.75, 3.05) is 6.61 Å². The highest BCUT2D eigenvalue weighted by atomic mass is 16.5. The molecule has 0 saturated heterocycles. The summed E-state index contributed by atoms with van der Waals surface area (Å²) in [5.74, 6) is -0.00961. The van der Waals surface area contributed by atoms with Crippen LogP contribution in [0.4, 0.5) is 0 Å². The van der Waals surface area contributed by atoms with Crippen LogP contribution in [0.25, 0.3) is 16.9 Å². The Morgan fingerprint density at radius 1 is 1.32 bits per heavy atom. The van der Waals surface area contributed by atoms with Gasteiger partial charge in [0.25, 0.3) is 0 Å². The Bertz CT molecular complexity index is 790. The van der Waals surface area contributed by atoms with Gasteiger partial charge in [0.1, 0.15) is 17.0 Å². The molecule has 0 amide bonds. The second kappa shape index (κ2) is 5.85. The van der Waals surface area contributed by atoms with Crippen molar-refractivity contribution in [3.63, 3.8) is 0 Å². The quantitative estimate of drug-likeness (QED) is 0.692. The molecule has 3 aromatic rings. The molecule has 0 spiro atoms. The van der Waals surface area contributed by atoms with E-state index in [9.17, 15) is 4.79 Å². The van der Waals surface area contributed by atoms with Crippen molar-refractivity contribution < 1.29 is 14.1 Å². The topological polar surface area (TPSA) is 70.2 Å². The fraction of sp³-hybridized carbons (Fsp3) is 0.188. The van der Waals surface area contributed by atoms with E-state index in [0.717, 1.165) is 5.69 Å². The maximum absolute atomic E-state index is 12.0. The Morgan fingerprint density at radius 3 is 2.82 bits per heavy atom. The second-order valence-corrected chi connectivity index (χ2v) is 4.69. The van der Waals surface area contributed by atoms with Crippen molar-refractivity contribution in [2.45, 2.75) is 13.8 Å². The number of esters is 1. The van der Waals surface area contributed by atoms with Gasteiger partial charge in [0.05, 0.1) is 18.5 Å². The number of para-hydroxylation sites is 1. The maximum atomic E-state index is 12.0. The zero-order valence-electron chi connectivity index (χ0n) is 12.3. The average molecular weight is 297 g/mol. The van der Waals surface area contributed by atoms with Crippen molar-refractivity contribution in [3.05, 3.63) is 54.0 Å². The molecule has 0 unspecified atom stereocenters. The normalized spacial score (nSPS) is 10.6. The van der Waals surface area contributed by atoms with Crippen molar-refractivity contribution in [2.24, 2.45) is 0 Å². The number of carbonyl (C=O) groups excluding carboxylic acids is 1. The van der Waals surface area contributed by atoms with Crippen LogP contribution in [-0.2, 0) is 4.74 Å². The van der Waals surface area contributed by atoms with Crippen LogP contribution in [0, 0.1) is 6.92 Å². The highest BCUT2D eigenvalue weighted by Crippen LogP contribution is 2.26. The highest BCUT2D eigenvalue weighted by Gasteiger charge is 2.23. The number of hydrogen-bond donors (Lipinski definition) is 0. The van der Waals surface area contributed by atoms with Gasteiger partial charge in [-0.15, -0.1) is 0 Å². The van der Waals surface area contributed by atoms with Gasteiger partial charge in [-0.05, 0) is 26.0 Å². The zero-order valence-corrected chi connectivity index (χ0v) is 12.3. The average Bonchev–Trinajstić information content (AvgIpc) is 3.15. The summed E-state index contributed by atoms with van der Waals surface area (Å²) in [6.07, 6.45) is 3.45. The minimum Gasteiger partial charge on any atom is -0.462 e. The monoisotopic (exact) mass is 297 g/mol. The summed E-state index contributed by atoms with van der Waals surface area (Å²) in [6, 6.07) is 9.68. The first-order valence-corrected chi connectivity index (χ1v) is 6.94. The number of aromatic nitrogens is 3. The first kappa shape index (κ1) is 14.1. The van der Waals surface area contributed by atoms with E-state index in [1.165, 1.54) is 0 Å². The first-order chi connectivity index (χ1) is 10.7. The molecule has 22 heavy (non-hydrogen) atoms. The summed E-state index contributed by atoms with van der Waals surface area (Å²) in [4.78, 5) is 12.0. The number of rotatable bonds is 4. The molecule has 0 aliphatic rings. The van der Waals surface area contributed by atoms with Gasteiger partial charge < -0.3 is 9.26 Å². The number of aryl methyl sites for hydroxylation is 1. The van der Waals surface area contributed by atoms with Crippen LogP contribution in [0.2, 0.25) is 0 Å². The van der Waals surface area contributed by atoms with Gasteiger partial charge in [0.15, 0.2) is 0 Å². The molecule has 112 valence electrons. The van der Waals surface area contributed by atoms with Crippen molar-refractivity contribution in [3.8, 4) is 16.9 Å². The Labute approximate surface area is 127 Å². The molecule has 2 heterocycles. The van der Waals surface area contributed by atoms with E-state index in [1.54, 1.807) is 30.9 Å². The lowest BCUT2D eigenvalue weighted by atomic mass is 10.1. The van der Waals surface area contributed by atoms with Crippen molar-refractivity contribution >= 4 is 5.97 Å². The third kappa shape index (κ3) is 2.50. The van der Waals surface area contributed by atoms with Gasteiger partial charge in [-0.1, -0.05) is 23.4 Å². The van der Waals surface area contributed by atoms with Gasteiger partial charge in [0, 0.05) is 11.8 Å². The lowest BCUT2D eigenvalue weighted by Gasteiger charge is -2.01. The molecule has 6 nitrogen and oxygen atoms in total. The molecule has 0 N–H and O–H groups in total. The summed E-state index contributed by atoms with van der Waals surface area (Å²) >= 11 is 0. The van der Waals surface area contributed by atoms with Crippen molar-refractivity contribution in [1.29, 1.82) is 0 Å². The van der Waals surface area contributed by atoms with E-state index >= 15 is 0 Å². The molecule has 0 aliphatic heterocycles. The minimum absolute atomic E-state index is 0.298. The van der Waals surface area contributed by atoms with E-state index in [-0.39, 0.29) is 0 Å². The molecule has 0 aliphatic carbocycles. The molecule has 1 aromatic carbocycles. The number of nitrogens with zero attached hydrogens (tertiary/aromatic N) is 3. The molecular formula is C16H15N3O3. The van der Waals surface area contributed by atoms with E-state index in [4.69, 9.17) is 9.26 Å². The Morgan fingerprint density at radius 2 is 2.09 bits per heavy atom. The molecule has 6 heteroatoms. The maximum Gasteiger partial charge on any atom is 0.344 e. The first-order valence-electron chi connectivity index (χ1n) is 6.94. The van der Waals surface area contributed by atoms with Crippen LogP contribution < -0.4 is 0 Å². The van der Waals surface area contributed by atoms with Gasteiger partial charge in [-0.2, -0.15) is 5.10 Å². The molecular weight excluding hydrogens is 282 g/mol. The van der Waals surface area contributed by atoms with Gasteiger partial charge >= 0.3 is 5.97 Å². The van der Waals surface area contributed by atoms with Crippen LogP contribution in [-0.4, -0.2) is 27.5 Å². The third-order valence-corrected chi connectivity index (χ3v) is 3.22. The Kier molecular flexibility index (Phi) is 3.74. The largest absolute Gasteiger partial charge is 0.462 e. The fourth-order valence-electron chi connectivity index (χ4n) is 2.18. The minimum atomic E-state index is -0.441. The SMILES string of the molecule is CCOC(=O)c1c(-c2cnn(-c3ccccc3)c2)noc1C. The van der Waals surface area contributed by atoms with E-state index in [1.807, 2.05) is 30.3 Å². The summed E-state index contributed by atoms with van der Waals surface area (Å²) in [6.45, 7) is 3.74. The summed E-state index contributed by atoms with van der Waals surface area (Å²) in [5, 5.41) is 8.27. The predicted octanol–water partition coefficient (Wildman–Crippen LogP) is 3.01. The lowest BCUT2D eigenvalue weighted by Crippen LogP contribution is -2.06.